The van der Waals surface area contributed by atoms with E-state index in [1.165, 1.54) is 18.2 Å². The van der Waals surface area contributed by atoms with Gasteiger partial charge in [0.2, 0.25) is 0 Å². The molecule has 5 heteroatoms. The summed E-state index contributed by atoms with van der Waals surface area (Å²) >= 11 is 3.06. The average Bonchev–Trinajstić information content (AvgIpc) is 2.35. The molecular weight excluding hydrogens is 299 g/mol. The van der Waals surface area contributed by atoms with Crippen LogP contribution in [-0.2, 0) is 0 Å². The first-order valence-electron chi connectivity index (χ1n) is 5.23. The Labute approximate surface area is 112 Å². The Balaban J connectivity index is 2.01. The third kappa shape index (κ3) is 3.30. The van der Waals surface area contributed by atoms with Gasteiger partial charge in [-0.15, -0.1) is 0 Å². The number of halogens is 2. The molecule has 0 aliphatic rings. The van der Waals surface area contributed by atoms with E-state index in [4.69, 9.17) is 0 Å². The van der Waals surface area contributed by atoms with Crippen LogP contribution in [0, 0.1) is 5.82 Å². The zero-order valence-electron chi connectivity index (χ0n) is 9.28. The molecule has 0 aromatic heterocycles. The second-order valence-corrected chi connectivity index (χ2v) is 4.43. The Morgan fingerprint density at radius 2 is 1.67 bits per heavy atom. The lowest BCUT2D eigenvalue weighted by molar-refractivity contribution is 0.262. The second-order valence-electron chi connectivity index (χ2n) is 3.57. The molecule has 0 aliphatic carbocycles. The summed E-state index contributed by atoms with van der Waals surface area (Å²) in [4.78, 5) is 11.6. The third-order valence-electron chi connectivity index (χ3n) is 2.21. The molecule has 2 rings (SSSR count). The van der Waals surface area contributed by atoms with Crippen LogP contribution >= 0.6 is 15.9 Å². The van der Waals surface area contributed by atoms with Crippen molar-refractivity contribution in [3.63, 3.8) is 0 Å². The van der Waals surface area contributed by atoms with Gasteiger partial charge in [-0.05, 0) is 46.3 Å². The molecule has 92 valence electrons. The molecule has 0 saturated heterocycles. The van der Waals surface area contributed by atoms with Crippen molar-refractivity contribution in [3.8, 4) is 0 Å². The van der Waals surface area contributed by atoms with E-state index in [-0.39, 0.29) is 11.8 Å². The van der Waals surface area contributed by atoms with Crippen LogP contribution in [0.2, 0.25) is 0 Å². The second kappa shape index (κ2) is 5.64. The Morgan fingerprint density at radius 3 is 2.33 bits per heavy atom. The summed E-state index contributed by atoms with van der Waals surface area (Å²) in [5.41, 5.74) is 1.20. The molecule has 0 spiro atoms. The molecule has 0 bridgehead atoms. The van der Waals surface area contributed by atoms with Gasteiger partial charge in [-0.1, -0.05) is 18.2 Å². The zero-order chi connectivity index (χ0) is 13.0. The fourth-order valence-electron chi connectivity index (χ4n) is 1.39. The average molecular weight is 309 g/mol. The molecule has 0 saturated carbocycles. The minimum Gasteiger partial charge on any atom is -0.308 e. The lowest BCUT2D eigenvalue weighted by atomic mass is 10.3. The van der Waals surface area contributed by atoms with Crippen LogP contribution in [-0.4, -0.2) is 6.03 Å². The minimum atomic E-state index is -0.375. The van der Waals surface area contributed by atoms with Gasteiger partial charge in [0.15, 0.2) is 0 Å². The highest BCUT2D eigenvalue weighted by Crippen LogP contribution is 2.20. The van der Waals surface area contributed by atoms with Gasteiger partial charge in [0.05, 0.1) is 4.47 Å². The van der Waals surface area contributed by atoms with Crippen LogP contribution in [0.3, 0.4) is 0 Å². The number of rotatable bonds is 2. The smallest absolute Gasteiger partial charge is 0.308 e. The normalized spacial score (nSPS) is 9.89. The minimum absolute atomic E-state index is 0.306. The summed E-state index contributed by atoms with van der Waals surface area (Å²) in [6, 6.07) is 13.0. The molecule has 0 fully saturated rings. The van der Waals surface area contributed by atoms with Crippen LogP contribution in [0.5, 0.6) is 0 Å². The highest BCUT2D eigenvalue weighted by molar-refractivity contribution is 9.10. The van der Waals surface area contributed by atoms with E-state index in [0.717, 1.165) is 0 Å². The van der Waals surface area contributed by atoms with Gasteiger partial charge in [-0.25, -0.2) is 9.18 Å². The number of hydrogen-bond donors (Lipinski definition) is 2. The maximum atomic E-state index is 13.0. The van der Waals surface area contributed by atoms with E-state index in [2.05, 4.69) is 26.6 Å². The van der Waals surface area contributed by atoms with Crippen LogP contribution in [0.1, 0.15) is 0 Å². The summed E-state index contributed by atoms with van der Waals surface area (Å²) in [5, 5.41) is 5.28. The van der Waals surface area contributed by atoms with Crippen LogP contribution in [0.25, 0.3) is 0 Å². The number of carbonyl (C=O) groups excluding carboxylic acids is 1. The number of hydrogen-bond acceptors (Lipinski definition) is 1. The van der Waals surface area contributed by atoms with Crippen molar-refractivity contribution in [1.29, 1.82) is 0 Å². The highest BCUT2D eigenvalue weighted by atomic mass is 79.9. The van der Waals surface area contributed by atoms with E-state index in [1.807, 2.05) is 18.2 Å². The van der Waals surface area contributed by atoms with E-state index in [9.17, 15) is 9.18 Å². The van der Waals surface area contributed by atoms with E-state index >= 15 is 0 Å². The lowest BCUT2D eigenvalue weighted by Crippen LogP contribution is -2.19. The van der Waals surface area contributed by atoms with Crippen molar-refractivity contribution < 1.29 is 9.18 Å². The quantitative estimate of drug-likeness (QED) is 0.856. The van der Waals surface area contributed by atoms with Crippen molar-refractivity contribution in [3.05, 3.63) is 58.8 Å². The first-order chi connectivity index (χ1) is 8.65. The molecule has 0 aliphatic heterocycles. The lowest BCUT2D eigenvalue weighted by Gasteiger charge is -2.08. The van der Waals surface area contributed by atoms with Crippen molar-refractivity contribution in [1.82, 2.24) is 0 Å². The number of carbonyl (C=O) groups is 1. The molecular formula is C13H10BrFN2O. The molecule has 0 heterocycles. The Kier molecular flexibility index (Phi) is 3.94. The fourth-order valence-corrected chi connectivity index (χ4v) is 1.77. The Morgan fingerprint density at radius 1 is 1.00 bits per heavy atom. The maximum Gasteiger partial charge on any atom is 0.323 e. The predicted octanol–water partition coefficient (Wildman–Crippen LogP) is 4.23. The van der Waals surface area contributed by atoms with E-state index in [1.54, 1.807) is 12.1 Å². The summed E-state index contributed by atoms with van der Waals surface area (Å²) < 4.78 is 13.3. The van der Waals surface area contributed by atoms with Gasteiger partial charge in [-0.3, -0.25) is 0 Å². The number of nitrogens with one attached hydrogen (secondary N) is 2. The molecule has 18 heavy (non-hydrogen) atoms. The van der Waals surface area contributed by atoms with Crippen LogP contribution in [0.4, 0.5) is 20.6 Å². The zero-order valence-corrected chi connectivity index (χ0v) is 10.9. The predicted molar refractivity (Wildman–Crippen MR) is 73.2 cm³/mol. The van der Waals surface area contributed by atoms with Gasteiger partial charge >= 0.3 is 6.03 Å². The number of para-hydroxylation sites is 1. The van der Waals surface area contributed by atoms with Crippen LogP contribution in [0.15, 0.2) is 53.0 Å². The summed E-state index contributed by atoms with van der Waals surface area (Å²) in [7, 11) is 0. The number of benzene rings is 2. The molecule has 0 atom stereocenters. The summed E-state index contributed by atoms with van der Waals surface area (Å²) in [5.74, 6) is -0.371. The molecule has 2 N–H and O–H groups in total. The molecule has 0 radical (unpaired) electrons. The maximum absolute atomic E-state index is 13.0. The number of anilines is 2. The molecule has 2 aromatic carbocycles. The largest absolute Gasteiger partial charge is 0.323 e. The molecule has 0 unspecified atom stereocenters. The SMILES string of the molecule is O=C(Nc1ccccc1)Nc1ccc(F)c(Br)c1. The van der Waals surface area contributed by atoms with E-state index < -0.39 is 0 Å². The molecule has 2 amide bonds. The summed E-state index contributed by atoms with van der Waals surface area (Å²) in [6.07, 6.45) is 0. The monoisotopic (exact) mass is 308 g/mol. The topological polar surface area (TPSA) is 41.1 Å². The van der Waals surface area contributed by atoms with Gasteiger partial charge in [-0.2, -0.15) is 0 Å². The third-order valence-corrected chi connectivity index (χ3v) is 2.82. The van der Waals surface area contributed by atoms with Gasteiger partial charge in [0.1, 0.15) is 5.82 Å². The van der Waals surface area contributed by atoms with Crippen molar-refractivity contribution in [2.24, 2.45) is 0 Å². The fraction of sp³-hybridized carbons (Fsp3) is 0. The van der Waals surface area contributed by atoms with Gasteiger partial charge < -0.3 is 10.6 Å². The molecule has 2 aromatic rings. The number of amides is 2. The van der Waals surface area contributed by atoms with Crippen molar-refractivity contribution in [2.45, 2.75) is 0 Å². The standard InChI is InChI=1S/C13H10BrFN2O/c14-11-8-10(6-7-12(11)15)17-13(18)16-9-4-2-1-3-5-9/h1-8H,(H2,16,17,18). The van der Waals surface area contributed by atoms with Gasteiger partial charge in [0, 0.05) is 11.4 Å². The summed E-state index contributed by atoms with van der Waals surface area (Å²) in [6.45, 7) is 0. The highest BCUT2D eigenvalue weighted by Gasteiger charge is 2.04. The first-order valence-corrected chi connectivity index (χ1v) is 6.02. The first kappa shape index (κ1) is 12.6. The number of urea groups is 1. The molecule has 3 nitrogen and oxygen atoms in total. The van der Waals surface area contributed by atoms with E-state index in [0.29, 0.717) is 15.8 Å². The van der Waals surface area contributed by atoms with Gasteiger partial charge in [0.25, 0.3) is 0 Å². The van der Waals surface area contributed by atoms with Crippen molar-refractivity contribution in [2.75, 3.05) is 10.6 Å². The van der Waals surface area contributed by atoms with Crippen molar-refractivity contribution >= 4 is 33.3 Å². The Hall–Kier alpha value is -1.88. The van der Waals surface area contributed by atoms with Crippen LogP contribution < -0.4 is 10.6 Å². The Bertz CT molecular complexity index is 560.